The highest BCUT2D eigenvalue weighted by Crippen LogP contribution is 2.31. The molecule has 0 unspecified atom stereocenters. The molecule has 1 aliphatic rings. The van der Waals surface area contributed by atoms with E-state index < -0.39 is 6.10 Å². The van der Waals surface area contributed by atoms with E-state index in [9.17, 15) is 9.90 Å². The summed E-state index contributed by atoms with van der Waals surface area (Å²) in [6, 6.07) is 18.8. The third-order valence-corrected chi connectivity index (χ3v) is 4.80. The lowest BCUT2D eigenvalue weighted by Gasteiger charge is -2.41. The Labute approximate surface area is 151 Å². The number of carbonyl (C=O) groups is 1. The average Bonchev–Trinajstić information content (AvgIpc) is 2.72. The third kappa shape index (κ3) is 2.96. The summed E-state index contributed by atoms with van der Waals surface area (Å²) in [5.41, 5.74) is 2.22. The number of fused-ring (bicyclic) bond motifs is 1. The van der Waals surface area contributed by atoms with Gasteiger partial charge in [-0.05, 0) is 17.7 Å². The van der Waals surface area contributed by atoms with Crippen LogP contribution in [0.2, 0.25) is 0 Å². The molecule has 0 aliphatic carbocycles. The lowest BCUT2D eigenvalue weighted by atomic mass is 9.97. The highest BCUT2D eigenvalue weighted by atomic mass is 16.5. The minimum Gasteiger partial charge on any atom is -0.394 e. The zero-order valence-electron chi connectivity index (χ0n) is 14.3. The summed E-state index contributed by atoms with van der Waals surface area (Å²) in [7, 11) is 0. The van der Waals surface area contributed by atoms with E-state index in [0.717, 1.165) is 10.9 Å². The summed E-state index contributed by atoms with van der Waals surface area (Å²) in [5, 5.41) is 10.7. The highest BCUT2D eigenvalue weighted by molar-refractivity contribution is 6.05. The number of para-hydroxylation sites is 1. The van der Waals surface area contributed by atoms with E-state index in [2.05, 4.69) is 4.98 Å². The number of ether oxygens (including phenoxy) is 1. The Balaban J connectivity index is 1.77. The topological polar surface area (TPSA) is 62.7 Å². The molecule has 1 N–H and O–H groups in total. The van der Waals surface area contributed by atoms with Crippen LogP contribution in [0, 0.1) is 0 Å². The average molecular weight is 348 g/mol. The zero-order valence-corrected chi connectivity index (χ0v) is 14.3. The highest BCUT2D eigenvalue weighted by Gasteiger charge is 2.36. The predicted molar refractivity (Wildman–Crippen MR) is 98.8 cm³/mol. The number of aromatic nitrogens is 1. The molecule has 132 valence electrons. The number of pyridine rings is 1. The van der Waals surface area contributed by atoms with Crippen molar-refractivity contribution in [2.24, 2.45) is 0 Å². The van der Waals surface area contributed by atoms with E-state index in [1.807, 2.05) is 60.7 Å². The molecule has 2 atom stereocenters. The number of aliphatic hydroxyl groups excluding tert-OH is 1. The molecule has 26 heavy (non-hydrogen) atoms. The molecule has 0 spiro atoms. The predicted octanol–water partition coefficient (Wildman–Crippen LogP) is 2.81. The number of hydrogen-bond donors (Lipinski definition) is 1. The number of aliphatic hydroxyl groups is 1. The number of benzene rings is 2. The van der Waals surface area contributed by atoms with E-state index >= 15 is 0 Å². The smallest absolute Gasteiger partial charge is 0.256 e. The Kier molecular flexibility index (Phi) is 4.65. The first-order valence-electron chi connectivity index (χ1n) is 8.71. The summed E-state index contributed by atoms with van der Waals surface area (Å²) in [6.45, 7) is 0.730. The number of rotatable bonds is 3. The fourth-order valence-corrected chi connectivity index (χ4v) is 3.59. The molecule has 5 heteroatoms. The lowest BCUT2D eigenvalue weighted by Crippen LogP contribution is -2.49. The summed E-state index contributed by atoms with van der Waals surface area (Å²) >= 11 is 0. The Morgan fingerprint density at radius 2 is 1.92 bits per heavy atom. The van der Waals surface area contributed by atoms with Crippen molar-refractivity contribution in [2.75, 3.05) is 19.8 Å². The third-order valence-electron chi connectivity index (χ3n) is 4.80. The van der Waals surface area contributed by atoms with Crippen LogP contribution in [0.4, 0.5) is 0 Å². The van der Waals surface area contributed by atoms with E-state index in [0.29, 0.717) is 24.2 Å². The Hall–Kier alpha value is -2.76. The number of hydrogen-bond acceptors (Lipinski definition) is 4. The fraction of sp³-hybridized carbons (Fsp3) is 0.238. The molecule has 4 rings (SSSR count). The van der Waals surface area contributed by atoms with Crippen LogP contribution >= 0.6 is 0 Å². The zero-order chi connectivity index (χ0) is 17.9. The van der Waals surface area contributed by atoms with Gasteiger partial charge >= 0.3 is 0 Å². The molecule has 1 saturated heterocycles. The minimum absolute atomic E-state index is 0.0927. The summed E-state index contributed by atoms with van der Waals surface area (Å²) < 4.78 is 5.74. The summed E-state index contributed by atoms with van der Waals surface area (Å²) in [6.07, 6.45) is 1.25. The van der Waals surface area contributed by atoms with Crippen molar-refractivity contribution in [3.8, 4) is 0 Å². The molecule has 1 fully saturated rings. The second kappa shape index (κ2) is 7.23. The van der Waals surface area contributed by atoms with Crippen molar-refractivity contribution in [2.45, 2.75) is 12.1 Å². The maximum absolute atomic E-state index is 13.4. The lowest BCUT2D eigenvalue weighted by molar-refractivity contribution is -0.0811. The van der Waals surface area contributed by atoms with E-state index in [4.69, 9.17) is 4.74 Å². The van der Waals surface area contributed by atoms with Crippen LogP contribution in [0.1, 0.15) is 22.0 Å². The maximum atomic E-state index is 13.4. The van der Waals surface area contributed by atoms with Crippen molar-refractivity contribution < 1.29 is 14.6 Å². The standard InChI is InChI=1S/C21H20N2O3/c24-14-18-20(16-6-2-1-3-7-16)23(12-13-26-18)21(25)17-10-4-8-15-9-5-11-22-19(15)17/h1-11,18,20,24H,12-14H2/t18-,20-/m0/s1. The number of morpholine rings is 1. The van der Waals surface area contributed by atoms with Crippen LogP contribution in [0.3, 0.4) is 0 Å². The van der Waals surface area contributed by atoms with Crippen LogP contribution in [0.5, 0.6) is 0 Å². The fourth-order valence-electron chi connectivity index (χ4n) is 3.59. The number of amides is 1. The maximum Gasteiger partial charge on any atom is 0.256 e. The molecule has 1 amide bonds. The molecule has 1 aromatic heterocycles. The van der Waals surface area contributed by atoms with Gasteiger partial charge in [0.1, 0.15) is 6.10 Å². The second-order valence-corrected chi connectivity index (χ2v) is 6.33. The van der Waals surface area contributed by atoms with Crippen molar-refractivity contribution in [3.63, 3.8) is 0 Å². The number of carbonyl (C=O) groups excluding carboxylic acids is 1. The van der Waals surface area contributed by atoms with E-state index in [1.165, 1.54) is 0 Å². The first-order valence-corrected chi connectivity index (χ1v) is 8.71. The Morgan fingerprint density at radius 1 is 1.12 bits per heavy atom. The van der Waals surface area contributed by atoms with Gasteiger partial charge in [-0.3, -0.25) is 9.78 Å². The van der Waals surface area contributed by atoms with Crippen LogP contribution in [0.25, 0.3) is 10.9 Å². The quantitative estimate of drug-likeness (QED) is 0.791. The van der Waals surface area contributed by atoms with Crippen molar-refractivity contribution >= 4 is 16.8 Å². The Morgan fingerprint density at radius 3 is 2.73 bits per heavy atom. The molecule has 0 radical (unpaired) electrons. The van der Waals surface area contributed by atoms with Gasteiger partial charge in [-0.1, -0.05) is 48.5 Å². The summed E-state index contributed by atoms with van der Waals surface area (Å²) in [4.78, 5) is 19.6. The van der Waals surface area contributed by atoms with Gasteiger partial charge in [-0.2, -0.15) is 0 Å². The normalized spacial score (nSPS) is 20.3. The van der Waals surface area contributed by atoms with E-state index in [1.54, 1.807) is 11.1 Å². The SMILES string of the molecule is O=C(c1cccc2cccnc12)N1CCO[C@@H](CO)[C@@H]1c1ccccc1. The molecule has 5 nitrogen and oxygen atoms in total. The molecule has 1 aliphatic heterocycles. The molecule has 2 heterocycles. The van der Waals surface area contributed by atoms with Gasteiger partial charge in [0, 0.05) is 18.1 Å². The summed E-state index contributed by atoms with van der Waals surface area (Å²) in [5.74, 6) is -0.0927. The van der Waals surface area contributed by atoms with Crippen LogP contribution < -0.4 is 0 Å². The molecular weight excluding hydrogens is 328 g/mol. The van der Waals surface area contributed by atoms with Crippen molar-refractivity contribution in [3.05, 3.63) is 78.0 Å². The van der Waals surface area contributed by atoms with E-state index in [-0.39, 0.29) is 18.6 Å². The van der Waals surface area contributed by atoms with Gasteiger partial charge in [-0.15, -0.1) is 0 Å². The first kappa shape index (κ1) is 16.7. The molecule has 3 aromatic rings. The minimum atomic E-state index is -0.446. The van der Waals surface area contributed by atoms with Crippen LogP contribution in [-0.4, -0.2) is 46.8 Å². The molecule has 0 saturated carbocycles. The second-order valence-electron chi connectivity index (χ2n) is 6.33. The van der Waals surface area contributed by atoms with Crippen LogP contribution in [0.15, 0.2) is 66.9 Å². The number of nitrogens with zero attached hydrogens (tertiary/aromatic N) is 2. The van der Waals surface area contributed by atoms with Crippen molar-refractivity contribution in [1.29, 1.82) is 0 Å². The largest absolute Gasteiger partial charge is 0.394 e. The van der Waals surface area contributed by atoms with Gasteiger partial charge in [0.2, 0.25) is 0 Å². The van der Waals surface area contributed by atoms with Crippen LogP contribution in [-0.2, 0) is 4.74 Å². The van der Waals surface area contributed by atoms with Gasteiger partial charge in [0.25, 0.3) is 5.91 Å². The molecule has 2 aromatic carbocycles. The van der Waals surface area contributed by atoms with Gasteiger partial charge in [-0.25, -0.2) is 0 Å². The molecule has 0 bridgehead atoms. The van der Waals surface area contributed by atoms with Crippen molar-refractivity contribution in [1.82, 2.24) is 9.88 Å². The molecular formula is C21H20N2O3. The monoisotopic (exact) mass is 348 g/mol. The Bertz CT molecular complexity index is 908. The van der Waals surface area contributed by atoms with Gasteiger partial charge in [0.05, 0.1) is 30.3 Å². The first-order chi connectivity index (χ1) is 12.8. The van der Waals surface area contributed by atoms with Gasteiger partial charge < -0.3 is 14.7 Å². The van der Waals surface area contributed by atoms with Gasteiger partial charge in [0.15, 0.2) is 0 Å².